The van der Waals surface area contributed by atoms with E-state index in [0.29, 0.717) is 18.0 Å². The topological polar surface area (TPSA) is 88.7 Å². The molecule has 0 aliphatic carbocycles. The lowest BCUT2D eigenvalue weighted by molar-refractivity contribution is 0.182. The van der Waals surface area contributed by atoms with Crippen molar-refractivity contribution >= 4 is 40.1 Å². The van der Waals surface area contributed by atoms with Gasteiger partial charge in [-0.3, -0.25) is 14.1 Å². The number of imidazole rings is 1. The minimum atomic E-state index is 0.479. The van der Waals surface area contributed by atoms with E-state index in [1.165, 1.54) is 0 Å². The summed E-state index contributed by atoms with van der Waals surface area (Å²) >= 11 is 1.64. The zero-order valence-electron chi connectivity index (χ0n) is 18.6. The van der Waals surface area contributed by atoms with Crippen LogP contribution < -0.4 is 10.6 Å². The summed E-state index contributed by atoms with van der Waals surface area (Å²) in [6.07, 6.45) is 3.54. The number of nitrogens with one attached hydrogen (secondary N) is 2. The van der Waals surface area contributed by atoms with E-state index >= 15 is 0 Å². The molecule has 0 aliphatic rings. The summed E-state index contributed by atoms with van der Waals surface area (Å²) in [6.45, 7) is 10.6. The Morgan fingerprint density at radius 3 is 2.58 bits per heavy atom. The monoisotopic (exact) mass is 439 g/mol. The first kappa shape index (κ1) is 21.3. The lowest BCUT2D eigenvalue weighted by Gasteiger charge is -2.30. The van der Waals surface area contributed by atoms with Crippen LogP contribution in [0.15, 0.2) is 35.4 Å². The molecule has 4 aromatic heterocycles. The Hall–Kier alpha value is -2.98. The molecular formula is C21H29N9S. The van der Waals surface area contributed by atoms with Gasteiger partial charge in [-0.25, -0.2) is 4.98 Å². The van der Waals surface area contributed by atoms with Gasteiger partial charge < -0.3 is 10.6 Å². The normalized spacial score (nSPS) is 11.9. The molecule has 0 aromatic carbocycles. The van der Waals surface area contributed by atoms with Crippen LogP contribution in [0, 0.1) is 0 Å². The van der Waals surface area contributed by atoms with Gasteiger partial charge >= 0.3 is 0 Å². The highest BCUT2D eigenvalue weighted by Crippen LogP contribution is 2.25. The van der Waals surface area contributed by atoms with Gasteiger partial charge in [0.25, 0.3) is 0 Å². The fraction of sp³-hybridized carbons (Fsp3) is 0.429. The fourth-order valence-electron chi connectivity index (χ4n) is 3.69. The van der Waals surface area contributed by atoms with E-state index in [4.69, 9.17) is 9.97 Å². The van der Waals surface area contributed by atoms with Crippen LogP contribution in [0.4, 0.5) is 17.6 Å². The quantitative estimate of drug-likeness (QED) is 0.409. The van der Waals surface area contributed by atoms with Crippen molar-refractivity contribution < 1.29 is 0 Å². The van der Waals surface area contributed by atoms with Gasteiger partial charge in [0.05, 0.1) is 11.9 Å². The minimum Gasteiger partial charge on any atom is -0.367 e. The Kier molecular flexibility index (Phi) is 6.19. The molecule has 0 saturated heterocycles. The maximum absolute atomic E-state index is 4.76. The summed E-state index contributed by atoms with van der Waals surface area (Å²) in [5, 5.41) is 15.1. The standard InChI is InChI=1S/C21H29N9S/c1-14(2)29(15(3)4)10-9-22-19-18-20(30(13-23-18)16-7-11-31-12-16)27-21(26-19)25-17-6-8-24-28(17)5/h6-8,11-15H,9-10H2,1-5H3,(H2,22,25,26,27). The average molecular weight is 440 g/mol. The first-order valence-corrected chi connectivity index (χ1v) is 11.4. The molecule has 0 bridgehead atoms. The summed E-state index contributed by atoms with van der Waals surface area (Å²) in [5.41, 5.74) is 2.54. The maximum atomic E-state index is 4.76. The zero-order chi connectivity index (χ0) is 22.0. The fourth-order valence-corrected chi connectivity index (χ4v) is 4.32. The van der Waals surface area contributed by atoms with Gasteiger partial charge in [0.15, 0.2) is 17.0 Å². The second-order valence-electron chi connectivity index (χ2n) is 7.98. The molecule has 10 heteroatoms. The number of thiophene rings is 1. The highest BCUT2D eigenvalue weighted by Gasteiger charge is 2.17. The SMILES string of the molecule is CC(C)N(CCNc1nc(Nc2ccnn2C)nc2c1ncn2-c1ccsc1)C(C)C. The molecule has 164 valence electrons. The lowest BCUT2D eigenvalue weighted by Crippen LogP contribution is -2.40. The van der Waals surface area contributed by atoms with Crippen molar-refractivity contribution in [2.24, 2.45) is 7.05 Å². The van der Waals surface area contributed by atoms with Crippen molar-refractivity contribution in [2.75, 3.05) is 23.7 Å². The van der Waals surface area contributed by atoms with Gasteiger partial charge in [-0.1, -0.05) is 0 Å². The first-order valence-electron chi connectivity index (χ1n) is 10.5. The predicted octanol–water partition coefficient (Wildman–Crippen LogP) is 3.88. The van der Waals surface area contributed by atoms with E-state index in [-0.39, 0.29) is 0 Å². The molecule has 0 amide bonds. The molecule has 0 fully saturated rings. The molecule has 0 spiro atoms. The minimum absolute atomic E-state index is 0.479. The molecular weight excluding hydrogens is 410 g/mol. The summed E-state index contributed by atoms with van der Waals surface area (Å²) in [7, 11) is 1.88. The van der Waals surface area contributed by atoms with Gasteiger partial charge in [-0.15, -0.1) is 0 Å². The van der Waals surface area contributed by atoms with Gasteiger partial charge in [-0.2, -0.15) is 26.4 Å². The summed E-state index contributed by atoms with van der Waals surface area (Å²) in [6, 6.07) is 4.90. The lowest BCUT2D eigenvalue weighted by atomic mass is 10.2. The van der Waals surface area contributed by atoms with E-state index < -0.39 is 0 Å². The van der Waals surface area contributed by atoms with Crippen LogP contribution in [0.5, 0.6) is 0 Å². The molecule has 9 nitrogen and oxygen atoms in total. The van der Waals surface area contributed by atoms with E-state index in [9.17, 15) is 0 Å². The second kappa shape index (κ2) is 9.03. The molecule has 4 rings (SSSR count). The van der Waals surface area contributed by atoms with E-state index in [1.807, 2.05) is 23.1 Å². The summed E-state index contributed by atoms with van der Waals surface area (Å²) < 4.78 is 3.74. The van der Waals surface area contributed by atoms with Gasteiger partial charge in [0, 0.05) is 43.7 Å². The van der Waals surface area contributed by atoms with Crippen LogP contribution in [0.3, 0.4) is 0 Å². The number of fused-ring (bicyclic) bond motifs is 1. The van der Waals surface area contributed by atoms with Crippen LogP contribution in [0.1, 0.15) is 27.7 Å². The van der Waals surface area contributed by atoms with Crippen LogP contribution in [0.2, 0.25) is 0 Å². The zero-order valence-corrected chi connectivity index (χ0v) is 19.4. The number of rotatable bonds is 9. The van der Waals surface area contributed by atoms with Crippen LogP contribution >= 0.6 is 11.3 Å². The molecule has 0 radical (unpaired) electrons. The smallest absolute Gasteiger partial charge is 0.232 e. The average Bonchev–Trinajstić information content (AvgIpc) is 3.46. The Balaban J connectivity index is 1.66. The molecule has 0 saturated carbocycles. The van der Waals surface area contributed by atoms with Crippen LogP contribution in [-0.2, 0) is 7.05 Å². The van der Waals surface area contributed by atoms with Gasteiger partial charge in [0.2, 0.25) is 5.95 Å². The Morgan fingerprint density at radius 2 is 1.94 bits per heavy atom. The first-order chi connectivity index (χ1) is 14.9. The number of anilines is 3. The Labute approximate surface area is 186 Å². The van der Waals surface area contributed by atoms with Crippen molar-refractivity contribution in [3.8, 4) is 5.69 Å². The van der Waals surface area contributed by atoms with Gasteiger partial charge in [0.1, 0.15) is 12.1 Å². The molecule has 4 heterocycles. The number of aryl methyl sites for hydroxylation is 1. The number of hydrogen-bond acceptors (Lipinski definition) is 8. The predicted molar refractivity (Wildman–Crippen MR) is 126 cm³/mol. The Morgan fingerprint density at radius 1 is 1.13 bits per heavy atom. The van der Waals surface area contributed by atoms with Crippen LogP contribution in [-0.4, -0.2) is 59.4 Å². The number of aromatic nitrogens is 6. The third-order valence-electron chi connectivity index (χ3n) is 5.23. The van der Waals surface area contributed by atoms with E-state index in [2.05, 4.69) is 64.8 Å². The highest BCUT2D eigenvalue weighted by atomic mass is 32.1. The van der Waals surface area contributed by atoms with Gasteiger partial charge in [-0.05, 0) is 39.1 Å². The van der Waals surface area contributed by atoms with Crippen molar-refractivity contribution in [2.45, 2.75) is 39.8 Å². The molecule has 0 atom stereocenters. The molecule has 0 unspecified atom stereocenters. The summed E-state index contributed by atoms with van der Waals surface area (Å²) in [5.74, 6) is 2.04. The molecule has 0 aliphatic heterocycles. The van der Waals surface area contributed by atoms with Crippen molar-refractivity contribution in [3.63, 3.8) is 0 Å². The largest absolute Gasteiger partial charge is 0.367 e. The number of nitrogens with zero attached hydrogens (tertiary/aromatic N) is 7. The van der Waals surface area contributed by atoms with Crippen LogP contribution in [0.25, 0.3) is 16.9 Å². The van der Waals surface area contributed by atoms with E-state index in [1.54, 1.807) is 28.5 Å². The third-order valence-corrected chi connectivity index (χ3v) is 5.90. The molecule has 4 aromatic rings. The highest BCUT2D eigenvalue weighted by molar-refractivity contribution is 7.08. The van der Waals surface area contributed by atoms with E-state index in [0.717, 1.165) is 41.6 Å². The van der Waals surface area contributed by atoms with Crippen molar-refractivity contribution in [3.05, 3.63) is 35.4 Å². The Bertz CT molecular complexity index is 1120. The maximum Gasteiger partial charge on any atom is 0.232 e. The molecule has 31 heavy (non-hydrogen) atoms. The molecule has 2 N–H and O–H groups in total. The summed E-state index contributed by atoms with van der Waals surface area (Å²) in [4.78, 5) is 16.6. The second-order valence-corrected chi connectivity index (χ2v) is 8.76. The van der Waals surface area contributed by atoms with Crippen molar-refractivity contribution in [1.82, 2.24) is 34.2 Å². The van der Waals surface area contributed by atoms with Crippen molar-refractivity contribution in [1.29, 1.82) is 0 Å². The number of hydrogen-bond donors (Lipinski definition) is 2. The third kappa shape index (κ3) is 4.54.